The fourth-order valence-corrected chi connectivity index (χ4v) is 3.42. The normalized spacial score (nSPS) is 11.1. The van der Waals surface area contributed by atoms with Gasteiger partial charge in [0.1, 0.15) is 0 Å². The Morgan fingerprint density at radius 2 is 1.86 bits per heavy atom. The lowest BCUT2D eigenvalue weighted by Gasteiger charge is -2.10. The molecular weight excluding hydrogens is 397 g/mol. The van der Waals surface area contributed by atoms with Crippen LogP contribution >= 0.6 is 23.2 Å². The molecule has 6 N–H and O–H groups in total. The van der Waals surface area contributed by atoms with Gasteiger partial charge in [-0.3, -0.25) is 5.41 Å². The summed E-state index contributed by atoms with van der Waals surface area (Å²) in [5, 5.41) is 16.6. The molecule has 0 bridgehead atoms. The molecule has 4 rings (SSSR count). The van der Waals surface area contributed by atoms with Gasteiger partial charge >= 0.3 is 0 Å². The number of aromatic nitrogens is 3. The maximum Gasteiger partial charge on any atom is 0.227 e. The SMILES string of the molecule is N=C(N)NCCc1cc(Nc2ncc(Cl)cn2)cc2c1[nH]c1ccc(Cl)cc12. The van der Waals surface area contributed by atoms with Gasteiger partial charge in [0.25, 0.3) is 0 Å². The first-order chi connectivity index (χ1) is 13.5. The zero-order valence-electron chi connectivity index (χ0n) is 14.7. The number of fused-ring (bicyclic) bond motifs is 3. The molecular formula is C19H17Cl2N7. The standard InChI is InChI=1S/C19H17Cl2N7/c20-11-1-2-16-14(6-11)15-7-13(27-19-25-8-12(21)9-26-19)5-10(17(15)28-16)3-4-24-18(22)23/h1-2,5-9,28H,3-4H2,(H4,22,23,24)(H,25,26,27). The number of aromatic amines is 1. The number of hydrogen-bond donors (Lipinski definition) is 5. The number of H-pyrrole nitrogens is 1. The third kappa shape index (κ3) is 3.81. The molecule has 0 fully saturated rings. The van der Waals surface area contributed by atoms with E-state index in [0.717, 1.165) is 33.1 Å². The molecule has 0 unspecified atom stereocenters. The van der Waals surface area contributed by atoms with Crippen LogP contribution in [0.15, 0.2) is 42.7 Å². The first kappa shape index (κ1) is 18.3. The number of benzene rings is 2. The van der Waals surface area contributed by atoms with Crippen LogP contribution in [0.5, 0.6) is 0 Å². The van der Waals surface area contributed by atoms with Crippen LogP contribution in [0.3, 0.4) is 0 Å². The van der Waals surface area contributed by atoms with Gasteiger partial charge in [0.2, 0.25) is 5.95 Å². The predicted octanol–water partition coefficient (Wildman–Crippen LogP) is 4.19. The van der Waals surface area contributed by atoms with Crippen molar-refractivity contribution >= 4 is 62.6 Å². The fraction of sp³-hybridized carbons (Fsp3) is 0.105. The molecule has 7 nitrogen and oxygen atoms in total. The summed E-state index contributed by atoms with van der Waals surface area (Å²) in [5.74, 6) is 0.401. The fourth-order valence-electron chi connectivity index (χ4n) is 3.15. The molecule has 4 aromatic rings. The van der Waals surface area contributed by atoms with Gasteiger partial charge in [-0.1, -0.05) is 23.2 Å². The van der Waals surface area contributed by atoms with E-state index < -0.39 is 0 Å². The Labute approximate surface area is 170 Å². The van der Waals surface area contributed by atoms with Gasteiger partial charge in [-0.05, 0) is 42.3 Å². The van der Waals surface area contributed by atoms with E-state index in [-0.39, 0.29) is 5.96 Å². The predicted molar refractivity (Wildman–Crippen MR) is 115 cm³/mol. The summed E-state index contributed by atoms with van der Waals surface area (Å²) >= 11 is 12.1. The second kappa shape index (κ2) is 7.53. The van der Waals surface area contributed by atoms with Gasteiger partial charge < -0.3 is 21.4 Å². The van der Waals surface area contributed by atoms with Gasteiger partial charge in [0.05, 0.1) is 17.4 Å². The van der Waals surface area contributed by atoms with Crippen molar-refractivity contribution in [2.75, 3.05) is 11.9 Å². The van der Waals surface area contributed by atoms with Gasteiger partial charge in [-0.25, -0.2) is 9.97 Å². The average molecular weight is 414 g/mol. The number of nitrogens with two attached hydrogens (primary N) is 1. The maximum atomic E-state index is 7.35. The van der Waals surface area contributed by atoms with Crippen LogP contribution < -0.4 is 16.4 Å². The highest BCUT2D eigenvalue weighted by Gasteiger charge is 2.12. The van der Waals surface area contributed by atoms with Crippen LogP contribution in [0, 0.1) is 5.41 Å². The van der Waals surface area contributed by atoms with Crippen LogP contribution in [0.4, 0.5) is 11.6 Å². The smallest absolute Gasteiger partial charge is 0.227 e. The van der Waals surface area contributed by atoms with E-state index in [2.05, 4.69) is 25.6 Å². The lowest BCUT2D eigenvalue weighted by atomic mass is 10.0. The van der Waals surface area contributed by atoms with E-state index in [0.29, 0.717) is 29.0 Å². The van der Waals surface area contributed by atoms with Crippen molar-refractivity contribution < 1.29 is 0 Å². The Balaban J connectivity index is 1.80. The van der Waals surface area contributed by atoms with E-state index >= 15 is 0 Å². The minimum atomic E-state index is -0.0523. The molecule has 0 radical (unpaired) electrons. The first-order valence-corrected chi connectivity index (χ1v) is 9.31. The third-order valence-corrected chi connectivity index (χ3v) is 4.77. The monoisotopic (exact) mass is 413 g/mol. The molecule has 0 aliphatic rings. The molecule has 0 saturated carbocycles. The number of rotatable bonds is 5. The number of anilines is 2. The Morgan fingerprint density at radius 1 is 1.07 bits per heavy atom. The molecule has 0 aliphatic heterocycles. The Bertz CT molecular complexity index is 1170. The highest BCUT2D eigenvalue weighted by molar-refractivity contribution is 6.32. The van der Waals surface area contributed by atoms with Gasteiger partial charge in [-0.15, -0.1) is 0 Å². The maximum absolute atomic E-state index is 7.35. The number of nitrogens with zero attached hydrogens (tertiary/aromatic N) is 2. The van der Waals surface area contributed by atoms with Crippen molar-refractivity contribution in [1.29, 1.82) is 5.41 Å². The lowest BCUT2D eigenvalue weighted by Crippen LogP contribution is -2.31. The van der Waals surface area contributed by atoms with Crippen LogP contribution in [0.1, 0.15) is 5.56 Å². The minimum absolute atomic E-state index is 0.0523. The molecule has 28 heavy (non-hydrogen) atoms. The highest BCUT2D eigenvalue weighted by Crippen LogP contribution is 2.33. The van der Waals surface area contributed by atoms with Crippen LogP contribution in [-0.2, 0) is 6.42 Å². The Morgan fingerprint density at radius 3 is 2.61 bits per heavy atom. The highest BCUT2D eigenvalue weighted by atomic mass is 35.5. The van der Waals surface area contributed by atoms with Gasteiger partial charge in [-0.2, -0.15) is 0 Å². The van der Waals surface area contributed by atoms with Crippen molar-refractivity contribution in [3.63, 3.8) is 0 Å². The summed E-state index contributed by atoms with van der Waals surface area (Å²) in [5.41, 5.74) is 9.33. The molecule has 0 aliphatic carbocycles. The number of guanidine groups is 1. The molecule has 0 spiro atoms. The largest absolute Gasteiger partial charge is 0.370 e. The number of halogens is 2. The lowest BCUT2D eigenvalue weighted by molar-refractivity contribution is 0.857. The summed E-state index contributed by atoms with van der Waals surface area (Å²) in [6, 6.07) is 9.82. The summed E-state index contributed by atoms with van der Waals surface area (Å²) in [4.78, 5) is 11.8. The molecule has 0 atom stereocenters. The van der Waals surface area contributed by atoms with Crippen molar-refractivity contribution in [1.82, 2.24) is 20.3 Å². The second-order valence-electron chi connectivity index (χ2n) is 6.31. The van der Waals surface area contributed by atoms with Crippen LogP contribution in [-0.4, -0.2) is 27.5 Å². The van der Waals surface area contributed by atoms with E-state index in [4.69, 9.17) is 34.3 Å². The minimum Gasteiger partial charge on any atom is -0.370 e. The van der Waals surface area contributed by atoms with Gasteiger partial charge in [0.15, 0.2) is 5.96 Å². The molecule has 142 valence electrons. The van der Waals surface area contributed by atoms with E-state index in [1.165, 1.54) is 0 Å². The molecule has 0 saturated heterocycles. The van der Waals surface area contributed by atoms with Crippen molar-refractivity contribution in [2.24, 2.45) is 5.73 Å². The summed E-state index contributed by atoms with van der Waals surface area (Å²) < 4.78 is 0. The van der Waals surface area contributed by atoms with Crippen molar-refractivity contribution in [2.45, 2.75) is 6.42 Å². The van der Waals surface area contributed by atoms with Crippen LogP contribution in [0.2, 0.25) is 10.0 Å². The Hall–Kier alpha value is -3.03. The summed E-state index contributed by atoms with van der Waals surface area (Å²) in [6.45, 7) is 0.543. The quantitative estimate of drug-likeness (QED) is 0.248. The zero-order valence-corrected chi connectivity index (χ0v) is 16.2. The molecule has 2 aromatic carbocycles. The molecule has 2 heterocycles. The summed E-state index contributed by atoms with van der Waals surface area (Å²) in [7, 11) is 0. The van der Waals surface area contributed by atoms with E-state index in [1.807, 2.05) is 30.3 Å². The second-order valence-corrected chi connectivity index (χ2v) is 7.19. The third-order valence-electron chi connectivity index (χ3n) is 4.34. The molecule has 0 amide bonds. The topological polar surface area (TPSA) is 116 Å². The molecule has 9 heteroatoms. The van der Waals surface area contributed by atoms with Gasteiger partial charge in [0, 0.05) is 39.1 Å². The summed E-state index contributed by atoms with van der Waals surface area (Å²) in [6.07, 6.45) is 3.75. The number of hydrogen-bond acceptors (Lipinski definition) is 4. The first-order valence-electron chi connectivity index (χ1n) is 8.56. The van der Waals surface area contributed by atoms with Crippen LogP contribution in [0.25, 0.3) is 21.8 Å². The zero-order chi connectivity index (χ0) is 19.7. The number of nitrogens with one attached hydrogen (secondary N) is 4. The Kier molecular flexibility index (Phi) is 4.93. The average Bonchev–Trinajstić information content (AvgIpc) is 3.01. The van der Waals surface area contributed by atoms with Crippen molar-refractivity contribution in [3.05, 3.63) is 58.3 Å². The molecule has 2 aromatic heterocycles. The van der Waals surface area contributed by atoms with E-state index in [1.54, 1.807) is 12.4 Å². The van der Waals surface area contributed by atoms with Crippen molar-refractivity contribution in [3.8, 4) is 0 Å². The van der Waals surface area contributed by atoms with E-state index in [9.17, 15) is 0 Å².